The fourth-order valence-electron chi connectivity index (χ4n) is 4.05. The van der Waals surface area contributed by atoms with E-state index in [0.29, 0.717) is 23.5 Å². The maximum absolute atomic E-state index is 13.5. The van der Waals surface area contributed by atoms with Crippen LogP contribution in [0, 0.1) is 13.8 Å². The third kappa shape index (κ3) is 9.27. The van der Waals surface area contributed by atoms with Crippen molar-refractivity contribution in [1.29, 1.82) is 0 Å². The van der Waals surface area contributed by atoms with Gasteiger partial charge in [-0.2, -0.15) is 5.10 Å². The van der Waals surface area contributed by atoms with Gasteiger partial charge in [0.2, 0.25) is 0 Å². The van der Waals surface area contributed by atoms with Crippen LogP contribution in [0.2, 0.25) is 0 Å². The number of carbonyl (C=O) groups is 2. The Bertz CT molecular complexity index is 1640. The van der Waals surface area contributed by atoms with Gasteiger partial charge in [-0.15, -0.1) is 0 Å². The number of ether oxygens (including phenoxy) is 1. The Balaban J connectivity index is 1.29. The lowest BCUT2D eigenvalue weighted by Crippen LogP contribution is -2.39. The van der Waals surface area contributed by atoms with Crippen LogP contribution in [0.15, 0.2) is 113 Å². The molecule has 9 nitrogen and oxygen atoms in total. The molecular weight excluding hydrogens is 564 g/mol. The number of benzene rings is 4. The molecule has 0 aliphatic rings. The minimum atomic E-state index is -4.01. The Labute approximate surface area is 252 Å². The number of anilines is 1. The number of carbonyl (C=O) groups excluding carboxylic acids is 2. The number of sulfonamides is 1. The van der Waals surface area contributed by atoms with Crippen LogP contribution in [0.3, 0.4) is 0 Å². The summed E-state index contributed by atoms with van der Waals surface area (Å²) in [5, 5.41) is 6.81. The number of aryl methyl sites for hydroxylation is 2. The van der Waals surface area contributed by atoms with E-state index in [1.165, 1.54) is 18.3 Å². The Hall–Kier alpha value is -4.96. The van der Waals surface area contributed by atoms with Crippen molar-refractivity contribution in [3.8, 4) is 5.75 Å². The zero-order valence-electron chi connectivity index (χ0n) is 24.1. The van der Waals surface area contributed by atoms with Crippen molar-refractivity contribution >= 4 is 33.7 Å². The highest BCUT2D eigenvalue weighted by atomic mass is 32.2. The van der Waals surface area contributed by atoms with Crippen molar-refractivity contribution < 1.29 is 22.7 Å². The normalized spacial score (nSPS) is 11.2. The van der Waals surface area contributed by atoms with Crippen LogP contribution in [0.25, 0.3) is 0 Å². The van der Waals surface area contributed by atoms with Gasteiger partial charge >= 0.3 is 0 Å². The summed E-state index contributed by atoms with van der Waals surface area (Å²) in [4.78, 5) is 24.9. The van der Waals surface area contributed by atoms with Gasteiger partial charge in [-0.3, -0.25) is 13.9 Å². The molecule has 4 aromatic carbocycles. The van der Waals surface area contributed by atoms with E-state index in [2.05, 4.69) is 15.8 Å². The lowest BCUT2D eigenvalue weighted by molar-refractivity contribution is -0.123. The molecule has 0 aliphatic carbocycles. The molecule has 0 saturated carbocycles. The summed E-state index contributed by atoms with van der Waals surface area (Å²) in [6, 6.07) is 30.1. The van der Waals surface area contributed by atoms with Crippen LogP contribution < -0.4 is 19.8 Å². The van der Waals surface area contributed by atoms with Gasteiger partial charge in [0, 0.05) is 6.54 Å². The maximum Gasteiger partial charge on any atom is 0.264 e. The van der Waals surface area contributed by atoms with E-state index in [-0.39, 0.29) is 17.4 Å². The van der Waals surface area contributed by atoms with Crippen LogP contribution >= 0.6 is 0 Å². The first-order chi connectivity index (χ1) is 20.7. The van der Waals surface area contributed by atoms with Gasteiger partial charge in [-0.1, -0.05) is 65.7 Å². The molecule has 0 atom stereocenters. The first kappa shape index (κ1) is 31.0. The summed E-state index contributed by atoms with van der Waals surface area (Å²) < 4.78 is 33.5. The molecule has 2 amide bonds. The SMILES string of the molecule is Cc1ccc(N(CC(=O)N/N=C\c2ccc(OCC(=O)NCCc3ccccc3)cc2)S(=O)(=O)c2ccc(C)cc2)cc1. The minimum absolute atomic E-state index is 0.0851. The highest BCUT2D eigenvalue weighted by Crippen LogP contribution is 2.24. The molecular formula is C33H34N4O5S. The van der Waals surface area contributed by atoms with E-state index in [0.717, 1.165) is 27.4 Å². The van der Waals surface area contributed by atoms with Gasteiger partial charge < -0.3 is 10.1 Å². The highest BCUT2D eigenvalue weighted by molar-refractivity contribution is 7.92. The number of nitrogens with one attached hydrogen (secondary N) is 2. The van der Waals surface area contributed by atoms with E-state index >= 15 is 0 Å². The van der Waals surface area contributed by atoms with E-state index in [4.69, 9.17) is 4.74 Å². The van der Waals surface area contributed by atoms with E-state index in [1.54, 1.807) is 60.7 Å². The molecule has 0 aromatic heterocycles. The van der Waals surface area contributed by atoms with Crippen LogP contribution in [0.5, 0.6) is 5.75 Å². The highest BCUT2D eigenvalue weighted by Gasteiger charge is 2.27. The lowest BCUT2D eigenvalue weighted by atomic mass is 10.1. The topological polar surface area (TPSA) is 117 Å². The van der Waals surface area contributed by atoms with Crippen LogP contribution in [-0.2, 0) is 26.0 Å². The van der Waals surface area contributed by atoms with Crippen molar-refractivity contribution in [2.45, 2.75) is 25.2 Å². The average Bonchev–Trinajstić information content (AvgIpc) is 3.01. The number of hydrazone groups is 1. The summed E-state index contributed by atoms with van der Waals surface area (Å²) in [5.41, 5.74) is 6.47. The minimum Gasteiger partial charge on any atom is -0.484 e. The van der Waals surface area contributed by atoms with E-state index in [9.17, 15) is 18.0 Å². The lowest BCUT2D eigenvalue weighted by Gasteiger charge is -2.24. The molecule has 43 heavy (non-hydrogen) atoms. The van der Waals surface area contributed by atoms with Crippen LogP contribution in [-0.4, -0.2) is 46.1 Å². The van der Waals surface area contributed by atoms with E-state index in [1.807, 2.05) is 44.2 Å². The number of rotatable bonds is 13. The van der Waals surface area contributed by atoms with Gasteiger partial charge in [-0.05, 0) is 79.9 Å². The molecule has 222 valence electrons. The molecule has 4 aromatic rings. The molecule has 10 heteroatoms. The molecule has 0 radical (unpaired) electrons. The van der Waals surface area contributed by atoms with Crippen molar-refractivity contribution in [3.63, 3.8) is 0 Å². The fourth-order valence-corrected chi connectivity index (χ4v) is 5.47. The molecule has 0 unspecified atom stereocenters. The van der Waals surface area contributed by atoms with Gasteiger partial charge in [0.25, 0.3) is 21.8 Å². The summed E-state index contributed by atoms with van der Waals surface area (Å²) in [5.74, 6) is -0.312. The Morgan fingerprint density at radius 2 is 1.44 bits per heavy atom. The molecule has 4 rings (SSSR count). The summed E-state index contributed by atoms with van der Waals surface area (Å²) >= 11 is 0. The number of nitrogens with zero attached hydrogens (tertiary/aromatic N) is 2. The molecule has 0 saturated heterocycles. The molecule has 0 heterocycles. The first-order valence-corrected chi connectivity index (χ1v) is 15.2. The Morgan fingerprint density at radius 1 is 0.814 bits per heavy atom. The van der Waals surface area contributed by atoms with Crippen molar-refractivity contribution in [1.82, 2.24) is 10.7 Å². The zero-order valence-corrected chi connectivity index (χ0v) is 24.9. The maximum atomic E-state index is 13.5. The predicted octanol–water partition coefficient (Wildman–Crippen LogP) is 4.39. The van der Waals surface area contributed by atoms with Gasteiger partial charge in [0.15, 0.2) is 6.61 Å². The predicted molar refractivity (Wildman–Crippen MR) is 168 cm³/mol. The van der Waals surface area contributed by atoms with Gasteiger partial charge in [0.1, 0.15) is 12.3 Å². The number of hydrogen-bond acceptors (Lipinski definition) is 6. The largest absolute Gasteiger partial charge is 0.484 e. The average molecular weight is 599 g/mol. The van der Waals surface area contributed by atoms with Crippen molar-refractivity contribution in [2.75, 3.05) is 24.0 Å². The van der Waals surface area contributed by atoms with Crippen molar-refractivity contribution in [3.05, 3.63) is 125 Å². The zero-order chi connectivity index (χ0) is 30.7. The summed E-state index contributed by atoms with van der Waals surface area (Å²) in [6.07, 6.45) is 2.17. The number of amides is 2. The quantitative estimate of drug-likeness (QED) is 0.175. The van der Waals surface area contributed by atoms with Crippen LogP contribution in [0.4, 0.5) is 5.69 Å². The van der Waals surface area contributed by atoms with Gasteiger partial charge in [0.05, 0.1) is 16.8 Å². The third-order valence-electron chi connectivity index (χ3n) is 6.45. The molecule has 2 N–H and O–H groups in total. The fraction of sp³-hybridized carbons (Fsp3) is 0.182. The third-order valence-corrected chi connectivity index (χ3v) is 8.24. The molecule has 0 aliphatic heterocycles. The van der Waals surface area contributed by atoms with E-state index < -0.39 is 22.5 Å². The molecule has 0 spiro atoms. The monoisotopic (exact) mass is 598 g/mol. The second kappa shape index (κ2) is 14.8. The standard InChI is InChI=1S/C33H34N4O5S/c1-25-8-14-29(15-9-25)37(43(40,41)31-18-10-26(2)11-19-31)23-32(38)36-35-22-28-12-16-30(17-13-28)42-24-33(39)34-21-20-27-6-4-3-5-7-27/h3-19,22H,20-21,23-24H2,1-2H3,(H,34,39)(H,36,38)/b35-22-. The molecule has 0 bridgehead atoms. The summed E-state index contributed by atoms with van der Waals surface area (Å²) in [7, 11) is -4.01. The second-order valence-electron chi connectivity index (χ2n) is 9.90. The van der Waals surface area contributed by atoms with Gasteiger partial charge in [-0.25, -0.2) is 13.8 Å². The molecule has 0 fully saturated rings. The first-order valence-electron chi connectivity index (χ1n) is 13.7. The number of hydrogen-bond donors (Lipinski definition) is 2. The smallest absolute Gasteiger partial charge is 0.264 e. The van der Waals surface area contributed by atoms with Crippen molar-refractivity contribution in [2.24, 2.45) is 5.10 Å². The second-order valence-corrected chi connectivity index (χ2v) is 11.8. The Kier molecular flexibility index (Phi) is 10.7. The summed E-state index contributed by atoms with van der Waals surface area (Å²) in [6.45, 7) is 3.72. The Morgan fingerprint density at radius 3 is 2.09 bits per heavy atom. The van der Waals surface area contributed by atoms with Crippen LogP contribution in [0.1, 0.15) is 22.3 Å².